The van der Waals surface area contributed by atoms with Crippen molar-refractivity contribution in [3.05, 3.63) is 57.9 Å². The van der Waals surface area contributed by atoms with Crippen LogP contribution in [0.25, 0.3) is 10.2 Å². The van der Waals surface area contributed by atoms with Gasteiger partial charge < -0.3 is 14.0 Å². The molecule has 0 N–H and O–H groups in total. The fourth-order valence-corrected chi connectivity index (χ4v) is 3.95. The molecule has 2 aromatic carbocycles. The highest BCUT2D eigenvalue weighted by atomic mass is 35.5. The first-order chi connectivity index (χ1) is 13.0. The van der Waals surface area contributed by atoms with Gasteiger partial charge >= 0.3 is 5.97 Å². The summed E-state index contributed by atoms with van der Waals surface area (Å²) in [5.74, 6) is -0.300. The topological polar surface area (TPSA) is 69.9 Å². The van der Waals surface area contributed by atoms with Gasteiger partial charge in [-0.3, -0.25) is 9.59 Å². The van der Waals surface area contributed by atoms with Crippen molar-refractivity contribution in [2.75, 3.05) is 14.2 Å². The fourth-order valence-electron chi connectivity index (χ4n) is 2.62. The van der Waals surface area contributed by atoms with Gasteiger partial charge in [-0.05, 0) is 30.3 Å². The van der Waals surface area contributed by atoms with Crippen LogP contribution in [0.3, 0.4) is 0 Å². The number of nitrogens with zero attached hydrogens (tertiary/aromatic N) is 2. The zero-order valence-corrected chi connectivity index (χ0v) is 16.3. The number of ether oxygens (including phenoxy) is 2. The number of rotatable bonds is 5. The highest BCUT2D eigenvalue weighted by molar-refractivity contribution is 7.16. The number of thiazole rings is 1. The number of halogens is 1. The Morgan fingerprint density at radius 2 is 1.96 bits per heavy atom. The number of hydrogen-bond acceptors (Lipinski definition) is 5. The summed E-state index contributed by atoms with van der Waals surface area (Å²) in [6.45, 7) is 0.340. The van der Waals surface area contributed by atoms with Gasteiger partial charge in [0.05, 0.1) is 36.4 Å². The van der Waals surface area contributed by atoms with E-state index in [4.69, 9.17) is 21.1 Å². The van der Waals surface area contributed by atoms with E-state index >= 15 is 0 Å². The predicted molar refractivity (Wildman–Crippen MR) is 104 cm³/mol. The van der Waals surface area contributed by atoms with Crippen molar-refractivity contribution in [3.8, 4) is 5.75 Å². The molecule has 1 amide bonds. The van der Waals surface area contributed by atoms with Gasteiger partial charge in [0.15, 0.2) is 4.80 Å². The molecule has 0 aliphatic carbocycles. The standard InChI is InChI=1S/C19H17ClN2O4S/c1-25-15-6-4-3-5-13(15)18(24)21-19-22(10-9-17(23)26-2)14-8-7-12(20)11-16(14)27-19/h3-8,11H,9-10H2,1-2H3. The van der Waals surface area contributed by atoms with Crippen LogP contribution in [-0.4, -0.2) is 30.7 Å². The maximum Gasteiger partial charge on any atom is 0.307 e. The van der Waals surface area contributed by atoms with Crippen LogP contribution in [0.1, 0.15) is 16.8 Å². The Labute approximate surface area is 164 Å². The van der Waals surface area contributed by atoms with Crippen molar-refractivity contribution in [1.82, 2.24) is 4.57 Å². The Kier molecular flexibility index (Phi) is 5.93. The van der Waals surface area contributed by atoms with E-state index in [1.54, 1.807) is 30.3 Å². The van der Waals surface area contributed by atoms with E-state index in [0.717, 1.165) is 10.2 Å². The molecule has 0 fully saturated rings. The van der Waals surface area contributed by atoms with Gasteiger partial charge in [-0.1, -0.05) is 35.1 Å². The van der Waals surface area contributed by atoms with Crippen molar-refractivity contribution in [1.29, 1.82) is 0 Å². The first kappa shape index (κ1) is 19.1. The molecule has 0 saturated heterocycles. The quantitative estimate of drug-likeness (QED) is 0.608. The molecule has 0 aliphatic rings. The van der Waals surface area contributed by atoms with Crippen LogP contribution in [-0.2, 0) is 16.1 Å². The third-order valence-corrected chi connectivity index (χ3v) is 5.22. The minimum Gasteiger partial charge on any atom is -0.496 e. The highest BCUT2D eigenvalue weighted by Crippen LogP contribution is 2.23. The van der Waals surface area contributed by atoms with Crippen LogP contribution in [0.4, 0.5) is 0 Å². The minimum atomic E-state index is -0.420. The number of methoxy groups -OCH3 is 2. The molecule has 0 radical (unpaired) electrons. The van der Waals surface area contributed by atoms with Crippen LogP contribution in [0, 0.1) is 0 Å². The van der Waals surface area contributed by atoms with Gasteiger partial charge in [0.25, 0.3) is 5.91 Å². The first-order valence-electron chi connectivity index (χ1n) is 8.11. The van der Waals surface area contributed by atoms with E-state index in [1.807, 2.05) is 16.7 Å². The monoisotopic (exact) mass is 404 g/mol. The Morgan fingerprint density at radius 3 is 2.70 bits per heavy atom. The number of aryl methyl sites for hydroxylation is 1. The van der Waals surface area contributed by atoms with Gasteiger partial charge in [-0.2, -0.15) is 4.99 Å². The summed E-state index contributed by atoms with van der Waals surface area (Å²) in [6.07, 6.45) is 0.168. The Balaban J connectivity index is 2.10. The molecule has 140 valence electrons. The minimum absolute atomic E-state index is 0.168. The van der Waals surface area contributed by atoms with Crippen molar-refractivity contribution in [3.63, 3.8) is 0 Å². The molecule has 1 heterocycles. The van der Waals surface area contributed by atoms with Gasteiger partial charge in [0.2, 0.25) is 0 Å². The number of carbonyl (C=O) groups excluding carboxylic acids is 2. The lowest BCUT2D eigenvalue weighted by Gasteiger charge is -2.05. The number of esters is 1. The van der Waals surface area contributed by atoms with Crippen molar-refractivity contribution < 1.29 is 19.1 Å². The molecule has 0 spiro atoms. The molecular weight excluding hydrogens is 388 g/mol. The second-order valence-electron chi connectivity index (χ2n) is 5.59. The largest absolute Gasteiger partial charge is 0.496 e. The summed E-state index contributed by atoms with van der Waals surface area (Å²) in [4.78, 5) is 29.0. The number of fused-ring (bicyclic) bond motifs is 1. The molecule has 3 rings (SSSR count). The lowest BCUT2D eigenvalue weighted by atomic mass is 10.2. The van der Waals surface area contributed by atoms with Gasteiger partial charge in [-0.25, -0.2) is 0 Å². The Hall–Kier alpha value is -2.64. The van der Waals surface area contributed by atoms with E-state index in [1.165, 1.54) is 25.6 Å². The maximum absolute atomic E-state index is 12.7. The maximum atomic E-state index is 12.7. The van der Waals surface area contributed by atoms with Crippen molar-refractivity contribution >= 4 is 45.0 Å². The van der Waals surface area contributed by atoms with Gasteiger partial charge in [0, 0.05) is 11.6 Å². The van der Waals surface area contributed by atoms with Crippen LogP contribution in [0.5, 0.6) is 5.75 Å². The number of para-hydroxylation sites is 1. The van der Waals surface area contributed by atoms with Crippen LogP contribution in [0.2, 0.25) is 5.02 Å². The summed E-state index contributed by atoms with van der Waals surface area (Å²) in [7, 11) is 2.85. The normalized spacial score (nSPS) is 11.6. The smallest absolute Gasteiger partial charge is 0.307 e. The predicted octanol–water partition coefficient (Wildman–Crippen LogP) is 3.67. The summed E-state index contributed by atoms with van der Waals surface area (Å²) in [6, 6.07) is 12.3. The second-order valence-corrected chi connectivity index (χ2v) is 7.04. The lowest BCUT2D eigenvalue weighted by Crippen LogP contribution is -2.19. The Bertz CT molecular complexity index is 1070. The zero-order valence-electron chi connectivity index (χ0n) is 14.8. The highest BCUT2D eigenvalue weighted by Gasteiger charge is 2.14. The average Bonchev–Trinajstić information content (AvgIpc) is 3.01. The van der Waals surface area contributed by atoms with Crippen molar-refractivity contribution in [2.45, 2.75) is 13.0 Å². The fraction of sp³-hybridized carbons (Fsp3) is 0.211. The number of benzene rings is 2. The number of amides is 1. The molecule has 0 aliphatic heterocycles. The number of hydrogen-bond donors (Lipinski definition) is 0. The molecule has 27 heavy (non-hydrogen) atoms. The average molecular weight is 405 g/mol. The summed E-state index contributed by atoms with van der Waals surface area (Å²) in [5.41, 5.74) is 1.22. The second kappa shape index (κ2) is 8.37. The SMILES string of the molecule is COC(=O)CCn1c(=NC(=O)c2ccccc2OC)sc2cc(Cl)ccc21. The molecule has 0 saturated carbocycles. The number of carbonyl (C=O) groups is 2. The van der Waals surface area contributed by atoms with Gasteiger partial charge in [0.1, 0.15) is 5.75 Å². The van der Waals surface area contributed by atoms with Crippen LogP contribution < -0.4 is 9.54 Å². The Morgan fingerprint density at radius 1 is 1.19 bits per heavy atom. The zero-order chi connectivity index (χ0) is 19.4. The molecule has 3 aromatic rings. The molecule has 6 nitrogen and oxygen atoms in total. The van der Waals surface area contributed by atoms with E-state index in [-0.39, 0.29) is 12.4 Å². The van der Waals surface area contributed by atoms with E-state index < -0.39 is 5.91 Å². The third kappa shape index (κ3) is 4.20. The molecule has 8 heteroatoms. The lowest BCUT2D eigenvalue weighted by molar-refractivity contribution is -0.140. The van der Waals surface area contributed by atoms with E-state index in [0.29, 0.717) is 27.7 Å². The van der Waals surface area contributed by atoms with E-state index in [9.17, 15) is 9.59 Å². The molecular formula is C19H17ClN2O4S. The molecule has 0 unspecified atom stereocenters. The van der Waals surface area contributed by atoms with Gasteiger partial charge in [-0.15, -0.1) is 0 Å². The first-order valence-corrected chi connectivity index (χ1v) is 9.30. The third-order valence-electron chi connectivity index (χ3n) is 3.95. The van der Waals surface area contributed by atoms with Crippen LogP contribution in [0.15, 0.2) is 47.5 Å². The van der Waals surface area contributed by atoms with E-state index in [2.05, 4.69) is 4.99 Å². The molecule has 0 atom stereocenters. The summed E-state index contributed by atoms with van der Waals surface area (Å²) >= 11 is 7.41. The molecule has 0 bridgehead atoms. The number of aromatic nitrogens is 1. The van der Waals surface area contributed by atoms with Crippen molar-refractivity contribution in [2.24, 2.45) is 4.99 Å². The summed E-state index contributed by atoms with van der Waals surface area (Å²) in [5, 5.41) is 0.589. The summed E-state index contributed by atoms with van der Waals surface area (Å²) < 4.78 is 12.6. The molecule has 1 aromatic heterocycles. The van der Waals surface area contributed by atoms with Crippen LogP contribution >= 0.6 is 22.9 Å².